The molecule has 1 heterocycles. The average molecular weight is 267 g/mol. The van der Waals surface area contributed by atoms with Crippen LogP contribution in [0.1, 0.15) is 44.4 Å². The van der Waals surface area contributed by atoms with E-state index in [1.807, 2.05) is 0 Å². The Labute approximate surface area is 115 Å². The van der Waals surface area contributed by atoms with Crippen molar-refractivity contribution in [1.82, 2.24) is 0 Å². The summed E-state index contributed by atoms with van der Waals surface area (Å²) in [5, 5.41) is 2.12. The molecule has 1 aromatic rings. The molecule has 2 nitrogen and oxygen atoms in total. The van der Waals surface area contributed by atoms with Gasteiger partial charge in [0.2, 0.25) is 0 Å². The van der Waals surface area contributed by atoms with Gasteiger partial charge < -0.3 is 10.5 Å². The Balaban J connectivity index is 2.08. The van der Waals surface area contributed by atoms with Crippen LogP contribution in [0.4, 0.5) is 0 Å². The number of hydrogen-bond donors (Lipinski definition) is 1. The summed E-state index contributed by atoms with van der Waals surface area (Å²) in [5.41, 5.74) is 6.42. The van der Waals surface area contributed by atoms with E-state index in [1.54, 1.807) is 11.3 Å². The molecule has 2 N–H and O–H groups in total. The Morgan fingerprint density at radius 3 is 3.06 bits per heavy atom. The second kappa shape index (κ2) is 6.18. The fraction of sp³-hybridized carbons (Fsp3) is 0.733. The zero-order chi connectivity index (χ0) is 13.0. The third kappa shape index (κ3) is 3.14. The standard InChI is InChI=1S/C15H25NOS/c1-3-17-15(8-4-6-12(2)11-15)14(16)10-13-7-5-9-18-13/h5,7,9,12,14H,3-4,6,8,10-11,16H2,1-2H3. The molecule has 0 aliphatic heterocycles. The van der Waals surface area contributed by atoms with Gasteiger partial charge in [-0.25, -0.2) is 0 Å². The van der Waals surface area contributed by atoms with Crippen LogP contribution >= 0.6 is 11.3 Å². The zero-order valence-electron chi connectivity index (χ0n) is 11.5. The summed E-state index contributed by atoms with van der Waals surface area (Å²) in [6, 6.07) is 4.40. The van der Waals surface area contributed by atoms with Gasteiger partial charge in [-0.05, 0) is 43.6 Å². The third-order valence-electron chi connectivity index (χ3n) is 4.10. The minimum absolute atomic E-state index is 0.0869. The van der Waals surface area contributed by atoms with Gasteiger partial charge in [-0.3, -0.25) is 0 Å². The SMILES string of the molecule is CCOC1(C(N)Cc2cccs2)CCCC(C)C1. The molecule has 102 valence electrons. The van der Waals surface area contributed by atoms with Gasteiger partial charge in [-0.15, -0.1) is 11.3 Å². The van der Waals surface area contributed by atoms with Crippen LogP contribution in [0.15, 0.2) is 17.5 Å². The Morgan fingerprint density at radius 1 is 1.61 bits per heavy atom. The highest BCUT2D eigenvalue weighted by Gasteiger charge is 2.40. The first kappa shape index (κ1) is 14.0. The van der Waals surface area contributed by atoms with Gasteiger partial charge in [0.05, 0.1) is 5.60 Å². The van der Waals surface area contributed by atoms with E-state index in [0.29, 0.717) is 0 Å². The molecular weight excluding hydrogens is 242 g/mol. The number of nitrogens with two attached hydrogens (primary N) is 1. The first-order valence-electron chi connectivity index (χ1n) is 7.08. The highest BCUT2D eigenvalue weighted by Crippen LogP contribution is 2.38. The Morgan fingerprint density at radius 2 is 2.44 bits per heavy atom. The highest BCUT2D eigenvalue weighted by molar-refractivity contribution is 7.09. The van der Waals surface area contributed by atoms with Gasteiger partial charge in [0.25, 0.3) is 0 Å². The highest BCUT2D eigenvalue weighted by atomic mass is 32.1. The number of thiophene rings is 1. The second-order valence-corrected chi connectivity index (χ2v) is 6.62. The number of ether oxygens (including phenoxy) is 1. The summed E-state index contributed by atoms with van der Waals surface area (Å²) in [5.74, 6) is 0.736. The van der Waals surface area contributed by atoms with Crippen molar-refractivity contribution in [3.63, 3.8) is 0 Å². The van der Waals surface area contributed by atoms with Crippen molar-refractivity contribution in [2.24, 2.45) is 11.7 Å². The molecule has 1 fully saturated rings. The summed E-state index contributed by atoms with van der Waals surface area (Å²) in [6.45, 7) is 5.18. The first-order valence-corrected chi connectivity index (χ1v) is 7.96. The lowest BCUT2D eigenvalue weighted by Crippen LogP contribution is -2.53. The molecule has 0 amide bonds. The lowest BCUT2D eigenvalue weighted by Gasteiger charge is -2.44. The molecule has 2 rings (SSSR count). The summed E-state index contributed by atoms with van der Waals surface area (Å²) in [4.78, 5) is 1.37. The van der Waals surface area contributed by atoms with Gasteiger partial charge in [0.15, 0.2) is 0 Å². The van der Waals surface area contributed by atoms with Crippen LogP contribution in [-0.4, -0.2) is 18.2 Å². The molecule has 0 spiro atoms. The largest absolute Gasteiger partial charge is 0.374 e. The van der Waals surface area contributed by atoms with Gasteiger partial charge in [-0.2, -0.15) is 0 Å². The molecule has 18 heavy (non-hydrogen) atoms. The summed E-state index contributed by atoms with van der Waals surface area (Å²) in [7, 11) is 0. The van der Waals surface area contributed by atoms with Crippen LogP contribution in [0.25, 0.3) is 0 Å². The molecule has 3 heteroatoms. The van der Waals surface area contributed by atoms with Crippen molar-refractivity contribution in [3.8, 4) is 0 Å². The van der Waals surface area contributed by atoms with Gasteiger partial charge in [0.1, 0.15) is 0 Å². The monoisotopic (exact) mass is 267 g/mol. The second-order valence-electron chi connectivity index (χ2n) is 5.59. The van der Waals surface area contributed by atoms with Crippen LogP contribution in [-0.2, 0) is 11.2 Å². The van der Waals surface area contributed by atoms with Crippen molar-refractivity contribution < 1.29 is 4.74 Å². The van der Waals surface area contributed by atoms with E-state index < -0.39 is 0 Å². The first-order chi connectivity index (χ1) is 8.66. The van der Waals surface area contributed by atoms with Crippen molar-refractivity contribution >= 4 is 11.3 Å². The lowest BCUT2D eigenvalue weighted by atomic mass is 9.74. The molecule has 0 radical (unpaired) electrons. The van der Waals surface area contributed by atoms with Crippen LogP contribution in [0.3, 0.4) is 0 Å². The van der Waals surface area contributed by atoms with E-state index in [-0.39, 0.29) is 11.6 Å². The lowest BCUT2D eigenvalue weighted by molar-refractivity contribution is -0.0923. The molecular formula is C15H25NOS. The van der Waals surface area contributed by atoms with Crippen LogP contribution < -0.4 is 5.73 Å². The average Bonchev–Trinajstić information content (AvgIpc) is 2.82. The van der Waals surface area contributed by atoms with E-state index in [2.05, 4.69) is 31.4 Å². The van der Waals surface area contributed by atoms with Crippen LogP contribution in [0.2, 0.25) is 0 Å². The summed E-state index contributed by atoms with van der Waals surface area (Å²) < 4.78 is 6.13. The van der Waals surface area contributed by atoms with Crippen LogP contribution in [0, 0.1) is 5.92 Å². The predicted molar refractivity (Wildman–Crippen MR) is 78.0 cm³/mol. The third-order valence-corrected chi connectivity index (χ3v) is 5.00. The van der Waals surface area contributed by atoms with E-state index in [0.717, 1.165) is 31.8 Å². The van der Waals surface area contributed by atoms with E-state index in [4.69, 9.17) is 10.5 Å². The molecule has 1 saturated carbocycles. The maximum atomic E-state index is 6.50. The van der Waals surface area contributed by atoms with E-state index in [1.165, 1.54) is 17.7 Å². The summed E-state index contributed by atoms with van der Waals surface area (Å²) in [6.07, 6.45) is 5.76. The van der Waals surface area contributed by atoms with Gasteiger partial charge in [0, 0.05) is 17.5 Å². The minimum atomic E-state index is -0.0869. The summed E-state index contributed by atoms with van der Waals surface area (Å²) >= 11 is 1.80. The molecule has 1 aliphatic rings. The van der Waals surface area contributed by atoms with Gasteiger partial charge >= 0.3 is 0 Å². The number of hydrogen-bond acceptors (Lipinski definition) is 3. The topological polar surface area (TPSA) is 35.2 Å². The Hall–Kier alpha value is -0.380. The Kier molecular flexibility index (Phi) is 4.82. The molecule has 3 unspecified atom stereocenters. The zero-order valence-corrected chi connectivity index (χ0v) is 12.3. The molecule has 1 aromatic heterocycles. The normalized spacial score (nSPS) is 30.3. The van der Waals surface area contributed by atoms with E-state index >= 15 is 0 Å². The van der Waals surface area contributed by atoms with Crippen molar-refractivity contribution in [3.05, 3.63) is 22.4 Å². The molecule has 0 aromatic carbocycles. The van der Waals surface area contributed by atoms with Gasteiger partial charge in [-0.1, -0.05) is 25.8 Å². The van der Waals surface area contributed by atoms with Crippen molar-refractivity contribution in [1.29, 1.82) is 0 Å². The quantitative estimate of drug-likeness (QED) is 0.884. The fourth-order valence-electron chi connectivity index (χ4n) is 3.24. The Bertz CT molecular complexity index is 347. The molecule has 0 saturated heterocycles. The smallest absolute Gasteiger partial charge is 0.0838 e. The maximum absolute atomic E-state index is 6.50. The maximum Gasteiger partial charge on any atom is 0.0838 e. The van der Waals surface area contributed by atoms with Crippen molar-refractivity contribution in [2.45, 2.75) is 57.6 Å². The minimum Gasteiger partial charge on any atom is -0.374 e. The number of rotatable bonds is 5. The van der Waals surface area contributed by atoms with E-state index in [9.17, 15) is 0 Å². The molecule has 0 bridgehead atoms. The van der Waals surface area contributed by atoms with Crippen LogP contribution in [0.5, 0.6) is 0 Å². The van der Waals surface area contributed by atoms with Crippen molar-refractivity contribution in [2.75, 3.05) is 6.61 Å². The predicted octanol–water partition coefficient (Wildman–Crippen LogP) is 3.60. The fourth-order valence-corrected chi connectivity index (χ4v) is 4.00. The molecule has 1 aliphatic carbocycles. The molecule has 3 atom stereocenters.